The first-order chi connectivity index (χ1) is 5.27. The van der Waals surface area contributed by atoms with Crippen molar-refractivity contribution in [3.63, 3.8) is 0 Å². The normalized spacial score (nSPS) is 10.7. The highest BCUT2D eigenvalue weighted by Gasteiger charge is 2.03. The van der Waals surface area contributed by atoms with Crippen molar-refractivity contribution in [2.75, 3.05) is 0 Å². The number of nitrogens with one attached hydrogen (secondary N) is 1. The number of hydrogen-bond donors (Lipinski definition) is 1. The molecule has 2 heterocycles. The Morgan fingerprint density at radius 1 is 1.45 bits per heavy atom. The zero-order valence-corrected chi connectivity index (χ0v) is 5.80. The lowest BCUT2D eigenvalue weighted by Gasteiger charge is -1.87. The molecule has 0 spiro atoms. The van der Waals surface area contributed by atoms with Gasteiger partial charge >= 0.3 is 0 Å². The van der Waals surface area contributed by atoms with Gasteiger partial charge in [0.1, 0.15) is 0 Å². The third kappa shape index (κ3) is 0.849. The molecule has 0 saturated heterocycles. The molecular weight excluding hydrogens is 147 g/mol. The van der Waals surface area contributed by atoms with Crippen LogP contribution < -0.4 is 0 Å². The molecule has 0 aliphatic rings. The van der Waals surface area contributed by atoms with Crippen LogP contribution in [0.4, 0.5) is 4.39 Å². The molecule has 0 aromatic carbocycles. The van der Waals surface area contributed by atoms with Crippen molar-refractivity contribution in [3.05, 3.63) is 17.7 Å². The Balaban J connectivity index is 2.90. The van der Waals surface area contributed by atoms with Crippen molar-refractivity contribution >= 4 is 11.0 Å². The first-order valence-electron chi connectivity index (χ1n) is 3.11. The van der Waals surface area contributed by atoms with Crippen molar-refractivity contribution in [2.45, 2.75) is 6.92 Å². The summed E-state index contributed by atoms with van der Waals surface area (Å²) in [5, 5.41) is 11.4. The molecule has 2 aromatic heterocycles. The summed E-state index contributed by atoms with van der Waals surface area (Å²) < 4.78 is 12.6. The molecule has 11 heavy (non-hydrogen) atoms. The lowest BCUT2D eigenvalue weighted by atomic mass is 10.3. The van der Waals surface area contributed by atoms with Gasteiger partial charge in [0, 0.05) is 11.5 Å². The molecule has 56 valence electrons. The molecule has 1 N–H and O–H groups in total. The monoisotopic (exact) mass is 152 g/mol. The Hall–Kier alpha value is -1.52. The fourth-order valence-electron chi connectivity index (χ4n) is 0.954. The number of H-pyrrole nitrogens is 1. The van der Waals surface area contributed by atoms with Crippen LogP contribution in [0.1, 0.15) is 5.69 Å². The average Bonchev–Trinajstić information content (AvgIpc) is 2.31. The maximum Gasteiger partial charge on any atom is 0.193 e. The maximum atomic E-state index is 12.6. The van der Waals surface area contributed by atoms with E-state index in [0.29, 0.717) is 16.7 Å². The second kappa shape index (κ2) is 1.98. The topological polar surface area (TPSA) is 54.5 Å². The Morgan fingerprint density at radius 2 is 2.27 bits per heavy atom. The minimum atomic E-state index is -0.412. The Kier molecular flexibility index (Phi) is 1.12. The van der Waals surface area contributed by atoms with E-state index in [0.717, 1.165) is 0 Å². The summed E-state index contributed by atoms with van der Waals surface area (Å²) >= 11 is 0. The molecule has 0 unspecified atom stereocenters. The van der Waals surface area contributed by atoms with Gasteiger partial charge in [0.15, 0.2) is 11.6 Å². The number of aromatic nitrogens is 4. The molecule has 4 nitrogen and oxygen atoms in total. The van der Waals surface area contributed by atoms with Gasteiger partial charge in [-0.3, -0.25) is 0 Å². The minimum Gasteiger partial charge on any atom is -0.315 e. The van der Waals surface area contributed by atoms with Crippen molar-refractivity contribution in [2.24, 2.45) is 0 Å². The number of fused-ring (bicyclic) bond motifs is 1. The summed E-state index contributed by atoms with van der Waals surface area (Å²) in [5.74, 6) is -0.412. The van der Waals surface area contributed by atoms with Gasteiger partial charge < -0.3 is 4.98 Å². The lowest BCUT2D eigenvalue weighted by molar-refractivity contribution is 0.593. The highest BCUT2D eigenvalue weighted by Crippen LogP contribution is 2.12. The summed E-state index contributed by atoms with van der Waals surface area (Å²) in [6, 6.07) is 1.35. The van der Waals surface area contributed by atoms with Crippen molar-refractivity contribution in [1.29, 1.82) is 0 Å². The van der Waals surface area contributed by atoms with Gasteiger partial charge in [0.05, 0.1) is 5.69 Å². The molecule has 2 rings (SSSR count). The van der Waals surface area contributed by atoms with Crippen LogP contribution in [0.3, 0.4) is 0 Å². The predicted octanol–water partition coefficient (Wildman–Crippen LogP) is 0.800. The smallest absolute Gasteiger partial charge is 0.193 e. The maximum absolute atomic E-state index is 12.6. The van der Waals surface area contributed by atoms with E-state index < -0.39 is 5.95 Å². The minimum absolute atomic E-state index is 0.412. The fourth-order valence-corrected chi connectivity index (χ4v) is 0.954. The molecule has 0 aliphatic carbocycles. The van der Waals surface area contributed by atoms with Gasteiger partial charge in [-0.2, -0.15) is 4.39 Å². The highest BCUT2D eigenvalue weighted by atomic mass is 19.1. The number of rotatable bonds is 0. The summed E-state index contributed by atoms with van der Waals surface area (Å²) in [5.41, 5.74) is 1.12. The van der Waals surface area contributed by atoms with Crippen molar-refractivity contribution in [1.82, 2.24) is 20.4 Å². The van der Waals surface area contributed by atoms with Crippen LogP contribution in [0, 0.1) is 12.9 Å². The van der Waals surface area contributed by atoms with Gasteiger partial charge in [-0.05, 0) is 12.1 Å². The molecule has 0 saturated carbocycles. The summed E-state index contributed by atoms with van der Waals surface area (Å²) in [7, 11) is 0. The number of hydrogen-bond acceptors (Lipinski definition) is 3. The van der Waals surface area contributed by atoms with Gasteiger partial charge in [0.25, 0.3) is 0 Å². The van der Waals surface area contributed by atoms with Crippen LogP contribution in [-0.2, 0) is 0 Å². The Morgan fingerprint density at radius 3 is 3.00 bits per heavy atom. The number of aromatic amines is 1. The SMILES string of the molecule is Cc1nnnc2[nH]c(F)cc12. The standard InChI is InChI=1S/C6H5FN4/c1-3-4-2-5(7)8-6(4)10-11-9-3/h2H,1H3,(H,8,9,10). The van der Waals surface area contributed by atoms with Crippen LogP contribution in [0.25, 0.3) is 11.0 Å². The van der Waals surface area contributed by atoms with Gasteiger partial charge in [0.2, 0.25) is 0 Å². The molecule has 0 fully saturated rings. The first-order valence-corrected chi connectivity index (χ1v) is 3.11. The Labute approximate surface area is 61.4 Å². The zero-order valence-electron chi connectivity index (χ0n) is 5.80. The molecule has 2 aromatic rings. The van der Waals surface area contributed by atoms with Crippen LogP contribution in [0.5, 0.6) is 0 Å². The summed E-state index contributed by atoms with van der Waals surface area (Å²) in [6.45, 7) is 1.75. The molecular formula is C6H5FN4. The molecule has 0 amide bonds. The van der Waals surface area contributed by atoms with Crippen LogP contribution in [0.15, 0.2) is 6.07 Å². The van der Waals surface area contributed by atoms with E-state index in [1.54, 1.807) is 6.92 Å². The van der Waals surface area contributed by atoms with Crippen molar-refractivity contribution in [3.8, 4) is 0 Å². The third-order valence-corrected chi connectivity index (χ3v) is 1.49. The fraction of sp³-hybridized carbons (Fsp3) is 0.167. The van der Waals surface area contributed by atoms with Crippen LogP contribution in [-0.4, -0.2) is 20.4 Å². The highest BCUT2D eigenvalue weighted by molar-refractivity contribution is 5.76. The van der Waals surface area contributed by atoms with E-state index in [1.165, 1.54) is 6.07 Å². The molecule has 0 atom stereocenters. The predicted molar refractivity (Wildman–Crippen MR) is 36.4 cm³/mol. The van der Waals surface area contributed by atoms with Crippen LogP contribution in [0.2, 0.25) is 0 Å². The third-order valence-electron chi connectivity index (χ3n) is 1.49. The Bertz CT molecular complexity index is 394. The molecule has 0 radical (unpaired) electrons. The van der Waals surface area contributed by atoms with Crippen molar-refractivity contribution < 1.29 is 4.39 Å². The van der Waals surface area contributed by atoms with E-state index in [-0.39, 0.29) is 0 Å². The molecule has 5 heteroatoms. The summed E-state index contributed by atoms with van der Waals surface area (Å²) in [4.78, 5) is 2.42. The van der Waals surface area contributed by atoms with E-state index in [4.69, 9.17) is 0 Å². The van der Waals surface area contributed by atoms with E-state index >= 15 is 0 Å². The largest absolute Gasteiger partial charge is 0.315 e. The number of halogens is 1. The van der Waals surface area contributed by atoms with E-state index in [1.807, 2.05) is 0 Å². The zero-order chi connectivity index (χ0) is 7.84. The number of nitrogens with zero attached hydrogens (tertiary/aromatic N) is 3. The van der Waals surface area contributed by atoms with Crippen LogP contribution >= 0.6 is 0 Å². The quantitative estimate of drug-likeness (QED) is 0.607. The van der Waals surface area contributed by atoms with E-state index in [2.05, 4.69) is 20.4 Å². The van der Waals surface area contributed by atoms with Gasteiger partial charge in [-0.1, -0.05) is 0 Å². The second-order valence-electron chi connectivity index (χ2n) is 2.25. The van der Waals surface area contributed by atoms with Gasteiger partial charge in [-0.15, -0.1) is 10.2 Å². The molecule has 0 bridgehead atoms. The number of aryl methyl sites for hydroxylation is 1. The van der Waals surface area contributed by atoms with E-state index in [9.17, 15) is 4.39 Å². The lowest BCUT2D eigenvalue weighted by Crippen LogP contribution is -1.90. The average molecular weight is 152 g/mol. The van der Waals surface area contributed by atoms with Gasteiger partial charge in [-0.25, -0.2) is 0 Å². The second-order valence-corrected chi connectivity index (χ2v) is 2.25. The molecule has 0 aliphatic heterocycles. The summed E-state index contributed by atoms with van der Waals surface area (Å²) in [6.07, 6.45) is 0. The first kappa shape index (κ1) is 6.21.